The Labute approximate surface area is 127 Å². The lowest BCUT2D eigenvalue weighted by Gasteiger charge is -2.56. The third kappa shape index (κ3) is 2.25. The standard InChI is InChI=1S/C18H27N3/c1-2-12(1)9-19-11-17-20-10-16(21-17)18-6-13-3-14(7-18)5-15(4-13)8-18/h10,12-15,19H,1-9,11H2,(H,20,21). The number of imidazole rings is 1. The van der Waals surface area contributed by atoms with Crippen molar-refractivity contribution in [1.82, 2.24) is 15.3 Å². The summed E-state index contributed by atoms with van der Waals surface area (Å²) in [5, 5.41) is 3.56. The summed E-state index contributed by atoms with van der Waals surface area (Å²) in [6.07, 6.45) is 13.8. The molecule has 0 aromatic carbocycles. The van der Waals surface area contributed by atoms with Crippen LogP contribution in [-0.4, -0.2) is 16.5 Å². The highest BCUT2D eigenvalue weighted by Gasteiger charge is 2.52. The Morgan fingerprint density at radius 3 is 2.38 bits per heavy atom. The number of H-pyrrole nitrogens is 1. The van der Waals surface area contributed by atoms with Crippen LogP contribution in [0, 0.1) is 23.7 Å². The molecule has 3 heteroatoms. The van der Waals surface area contributed by atoms with Crippen LogP contribution in [0.4, 0.5) is 0 Å². The van der Waals surface area contributed by atoms with E-state index in [0.29, 0.717) is 5.41 Å². The van der Waals surface area contributed by atoms with Gasteiger partial charge < -0.3 is 10.3 Å². The van der Waals surface area contributed by atoms with Gasteiger partial charge in [0, 0.05) is 17.3 Å². The highest BCUT2D eigenvalue weighted by molar-refractivity contribution is 5.22. The molecule has 3 nitrogen and oxygen atoms in total. The third-order valence-electron chi connectivity index (χ3n) is 6.66. The van der Waals surface area contributed by atoms with Gasteiger partial charge in [-0.05, 0) is 81.6 Å². The Morgan fingerprint density at radius 2 is 1.76 bits per heavy atom. The van der Waals surface area contributed by atoms with Crippen LogP contribution in [0.3, 0.4) is 0 Å². The largest absolute Gasteiger partial charge is 0.344 e. The average molecular weight is 285 g/mol. The van der Waals surface area contributed by atoms with E-state index in [0.717, 1.165) is 36.0 Å². The minimum Gasteiger partial charge on any atom is -0.344 e. The van der Waals surface area contributed by atoms with Gasteiger partial charge >= 0.3 is 0 Å². The topological polar surface area (TPSA) is 40.7 Å². The number of nitrogens with one attached hydrogen (secondary N) is 2. The second-order valence-corrected chi connectivity index (χ2v) is 8.52. The van der Waals surface area contributed by atoms with E-state index in [9.17, 15) is 0 Å². The quantitative estimate of drug-likeness (QED) is 0.871. The third-order valence-corrected chi connectivity index (χ3v) is 6.66. The number of aromatic nitrogens is 2. The molecule has 4 bridgehead atoms. The van der Waals surface area contributed by atoms with E-state index in [4.69, 9.17) is 0 Å². The van der Waals surface area contributed by atoms with Crippen molar-refractivity contribution >= 4 is 0 Å². The number of hydrogen-bond donors (Lipinski definition) is 2. The molecule has 5 aliphatic rings. The first-order valence-electron chi connectivity index (χ1n) is 9.04. The molecule has 1 heterocycles. The monoisotopic (exact) mass is 285 g/mol. The summed E-state index contributed by atoms with van der Waals surface area (Å²) in [7, 11) is 0. The number of nitrogens with zero attached hydrogens (tertiary/aromatic N) is 1. The summed E-state index contributed by atoms with van der Waals surface area (Å²) in [6, 6.07) is 0. The molecule has 5 saturated carbocycles. The maximum absolute atomic E-state index is 4.67. The van der Waals surface area contributed by atoms with Crippen molar-refractivity contribution in [2.24, 2.45) is 23.7 Å². The lowest BCUT2D eigenvalue weighted by atomic mass is 9.49. The molecule has 114 valence electrons. The van der Waals surface area contributed by atoms with Crippen LogP contribution < -0.4 is 5.32 Å². The minimum absolute atomic E-state index is 0.469. The fraction of sp³-hybridized carbons (Fsp3) is 0.833. The summed E-state index contributed by atoms with van der Waals surface area (Å²) >= 11 is 0. The Morgan fingerprint density at radius 1 is 1.10 bits per heavy atom. The summed E-state index contributed by atoms with van der Waals surface area (Å²) in [5.41, 5.74) is 1.93. The van der Waals surface area contributed by atoms with Crippen LogP contribution in [0.25, 0.3) is 0 Å². The first kappa shape index (κ1) is 12.7. The molecule has 5 aliphatic carbocycles. The van der Waals surface area contributed by atoms with Crippen LogP contribution in [-0.2, 0) is 12.0 Å². The van der Waals surface area contributed by atoms with Gasteiger partial charge in [0.15, 0.2) is 0 Å². The molecule has 0 amide bonds. The summed E-state index contributed by atoms with van der Waals surface area (Å²) in [6.45, 7) is 2.09. The maximum Gasteiger partial charge on any atom is 0.120 e. The Kier molecular flexibility index (Phi) is 2.77. The van der Waals surface area contributed by atoms with Crippen LogP contribution in [0.15, 0.2) is 6.20 Å². The predicted octanol–water partition coefficient (Wildman–Crippen LogP) is 3.38. The normalized spacial score (nSPS) is 40.9. The smallest absolute Gasteiger partial charge is 0.120 e. The van der Waals surface area contributed by atoms with E-state index in [2.05, 4.69) is 21.5 Å². The second-order valence-electron chi connectivity index (χ2n) is 8.52. The highest BCUT2D eigenvalue weighted by Crippen LogP contribution is 2.60. The Balaban J connectivity index is 1.31. The molecular formula is C18H27N3. The number of rotatable bonds is 5. The van der Waals surface area contributed by atoms with Crippen molar-refractivity contribution in [1.29, 1.82) is 0 Å². The van der Waals surface area contributed by atoms with Gasteiger partial charge in [0.1, 0.15) is 5.82 Å². The lowest BCUT2D eigenvalue weighted by molar-refractivity contribution is -0.00706. The molecule has 0 saturated heterocycles. The van der Waals surface area contributed by atoms with E-state index in [1.165, 1.54) is 63.6 Å². The van der Waals surface area contributed by atoms with Gasteiger partial charge in [-0.2, -0.15) is 0 Å². The van der Waals surface area contributed by atoms with Gasteiger partial charge in [0.2, 0.25) is 0 Å². The molecule has 0 radical (unpaired) electrons. The van der Waals surface area contributed by atoms with Crippen molar-refractivity contribution in [3.63, 3.8) is 0 Å². The van der Waals surface area contributed by atoms with Crippen molar-refractivity contribution in [2.75, 3.05) is 6.54 Å². The Hall–Kier alpha value is -0.830. The SMILES string of the molecule is c1nc(CNCC2CC2)[nH]c1C12CC3CC(CC(C3)C1)C2. The van der Waals surface area contributed by atoms with Gasteiger partial charge in [-0.3, -0.25) is 0 Å². The fourth-order valence-electron chi connectivity index (χ4n) is 5.88. The molecule has 0 atom stereocenters. The fourth-order valence-corrected chi connectivity index (χ4v) is 5.88. The molecule has 1 aromatic rings. The highest BCUT2D eigenvalue weighted by atomic mass is 15.0. The van der Waals surface area contributed by atoms with E-state index in [-0.39, 0.29) is 0 Å². The molecular weight excluding hydrogens is 258 g/mol. The zero-order valence-electron chi connectivity index (χ0n) is 12.9. The van der Waals surface area contributed by atoms with Crippen LogP contribution >= 0.6 is 0 Å². The van der Waals surface area contributed by atoms with E-state index < -0.39 is 0 Å². The molecule has 6 rings (SSSR count). The van der Waals surface area contributed by atoms with E-state index in [1.807, 2.05) is 0 Å². The van der Waals surface area contributed by atoms with Crippen LogP contribution in [0.5, 0.6) is 0 Å². The zero-order valence-corrected chi connectivity index (χ0v) is 12.9. The van der Waals surface area contributed by atoms with Gasteiger partial charge in [-0.1, -0.05) is 0 Å². The molecule has 0 aliphatic heterocycles. The molecule has 0 unspecified atom stereocenters. The van der Waals surface area contributed by atoms with Gasteiger partial charge in [-0.25, -0.2) is 4.98 Å². The predicted molar refractivity (Wildman–Crippen MR) is 82.9 cm³/mol. The Bertz CT molecular complexity index is 493. The first-order chi connectivity index (χ1) is 10.3. The summed E-state index contributed by atoms with van der Waals surface area (Å²) in [4.78, 5) is 8.36. The van der Waals surface area contributed by atoms with Gasteiger partial charge in [-0.15, -0.1) is 0 Å². The minimum atomic E-state index is 0.469. The molecule has 1 aromatic heterocycles. The molecule has 21 heavy (non-hydrogen) atoms. The maximum atomic E-state index is 4.67. The van der Waals surface area contributed by atoms with Crippen molar-refractivity contribution in [2.45, 2.75) is 63.3 Å². The van der Waals surface area contributed by atoms with Crippen molar-refractivity contribution < 1.29 is 0 Å². The zero-order chi connectivity index (χ0) is 13.9. The lowest BCUT2D eigenvalue weighted by Crippen LogP contribution is -2.48. The van der Waals surface area contributed by atoms with Gasteiger partial charge in [0.05, 0.1) is 6.54 Å². The van der Waals surface area contributed by atoms with Gasteiger partial charge in [0.25, 0.3) is 0 Å². The average Bonchev–Trinajstić information content (AvgIpc) is 3.12. The summed E-state index contributed by atoms with van der Waals surface area (Å²) < 4.78 is 0. The van der Waals surface area contributed by atoms with Crippen molar-refractivity contribution in [3.05, 3.63) is 17.7 Å². The number of hydrogen-bond acceptors (Lipinski definition) is 2. The van der Waals surface area contributed by atoms with Crippen LogP contribution in [0.1, 0.15) is 62.9 Å². The second kappa shape index (κ2) is 4.58. The molecule has 2 N–H and O–H groups in total. The van der Waals surface area contributed by atoms with Crippen LogP contribution in [0.2, 0.25) is 0 Å². The molecule has 0 spiro atoms. The molecule has 5 fully saturated rings. The first-order valence-corrected chi connectivity index (χ1v) is 9.04. The number of aromatic amines is 1. The van der Waals surface area contributed by atoms with E-state index in [1.54, 1.807) is 0 Å². The summed E-state index contributed by atoms with van der Waals surface area (Å²) in [5.74, 6) is 5.13. The van der Waals surface area contributed by atoms with Crippen molar-refractivity contribution in [3.8, 4) is 0 Å². The van der Waals surface area contributed by atoms with E-state index >= 15 is 0 Å².